The fraction of sp³-hybridized carbons (Fsp3) is 0.250. The summed E-state index contributed by atoms with van der Waals surface area (Å²) >= 11 is 6.48. The second-order valence-corrected chi connectivity index (χ2v) is 8.28. The lowest BCUT2D eigenvalue weighted by atomic mass is 10.1. The van der Waals surface area contributed by atoms with Gasteiger partial charge in [-0.15, -0.1) is 0 Å². The SMILES string of the molecule is Cc1cc(-n2ccnc2)c2cccc(OCc3c(Cl)cncc3CN3CCCC3=O)c2n1. The number of benzene rings is 1. The van der Waals surface area contributed by atoms with Crippen LogP contribution in [0.5, 0.6) is 5.75 Å². The minimum absolute atomic E-state index is 0.164. The Labute approximate surface area is 190 Å². The molecule has 1 aromatic carbocycles. The van der Waals surface area contributed by atoms with E-state index in [1.54, 1.807) is 24.9 Å². The van der Waals surface area contributed by atoms with E-state index in [0.717, 1.165) is 46.4 Å². The molecule has 1 fully saturated rings. The predicted molar refractivity (Wildman–Crippen MR) is 122 cm³/mol. The van der Waals surface area contributed by atoms with Crippen LogP contribution in [0.15, 0.2) is 55.4 Å². The number of rotatable bonds is 6. The van der Waals surface area contributed by atoms with Crippen molar-refractivity contribution in [3.8, 4) is 11.4 Å². The number of imidazole rings is 1. The first-order chi connectivity index (χ1) is 15.6. The molecular weight excluding hydrogens is 426 g/mol. The monoisotopic (exact) mass is 447 g/mol. The lowest BCUT2D eigenvalue weighted by molar-refractivity contribution is -0.128. The van der Waals surface area contributed by atoms with Crippen molar-refractivity contribution in [2.75, 3.05) is 6.54 Å². The zero-order valence-electron chi connectivity index (χ0n) is 17.7. The third kappa shape index (κ3) is 3.91. The number of hydrogen-bond acceptors (Lipinski definition) is 5. The molecule has 0 spiro atoms. The highest BCUT2D eigenvalue weighted by Crippen LogP contribution is 2.31. The van der Waals surface area contributed by atoms with Crippen molar-refractivity contribution < 1.29 is 9.53 Å². The van der Waals surface area contributed by atoms with Crippen LogP contribution < -0.4 is 4.74 Å². The smallest absolute Gasteiger partial charge is 0.222 e. The van der Waals surface area contributed by atoms with Crippen LogP contribution in [0.25, 0.3) is 16.6 Å². The molecule has 0 unspecified atom stereocenters. The van der Waals surface area contributed by atoms with Crippen molar-refractivity contribution >= 4 is 28.4 Å². The van der Waals surface area contributed by atoms with Crippen LogP contribution in [0, 0.1) is 6.92 Å². The number of amides is 1. The first-order valence-electron chi connectivity index (χ1n) is 10.5. The van der Waals surface area contributed by atoms with Gasteiger partial charge in [0.1, 0.15) is 17.9 Å². The maximum Gasteiger partial charge on any atom is 0.222 e. The molecule has 0 bridgehead atoms. The number of fused-ring (bicyclic) bond motifs is 1. The van der Waals surface area contributed by atoms with E-state index in [1.807, 2.05) is 46.9 Å². The van der Waals surface area contributed by atoms with Crippen LogP contribution in [0.2, 0.25) is 5.02 Å². The van der Waals surface area contributed by atoms with Gasteiger partial charge in [-0.05, 0) is 31.0 Å². The fourth-order valence-electron chi connectivity index (χ4n) is 4.09. The number of aryl methyl sites for hydroxylation is 1. The summed E-state index contributed by atoms with van der Waals surface area (Å²) in [6, 6.07) is 7.91. The van der Waals surface area contributed by atoms with Crippen molar-refractivity contribution in [3.63, 3.8) is 0 Å². The van der Waals surface area contributed by atoms with Crippen molar-refractivity contribution in [3.05, 3.63) is 77.2 Å². The van der Waals surface area contributed by atoms with Crippen molar-refractivity contribution in [2.45, 2.75) is 32.9 Å². The molecule has 7 nitrogen and oxygen atoms in total. The molecule has 1 saturated heterocycles. The van der Waals surface area contributed by atoms with Crippen LogP contribution in [-0.2, 0) is 17.9 Å². The van der Waals surface area contributed by atoms with Gasteiger partial charge in [0.05, 0.1) is 17.0 Å². The summed E-state index contributed by atoms with van der Waals surface area (Å²) < 4.78 is 8.21. The number of nitrogens with zero attached hydrogens (tertiary/aromatic N) is 5. The van der Waals surface area contributed by atoms with E-state index in [0.29, 0.717) is 23.7 Å². The number of carbonyl (C=O) groups excluding carboxylic acids is 1. The van der Waals surface area contributed by atoms with Crippen molar-refractivity contribution in [1.82, 2.24) is 24.4 Å². The van der Waals surface area contributed by atoms with Gasteiger partial charge in [0.25, 0.3) is 0 Å². The van der Waals surface area contributed by atoms with Crippen LogP contribution in [0.4, 0.5) is 0 Å². The molecule has 0 saturated carbocycles. The number of ether oxygens (including phenoxy) is 1. The average molecular weight is 448 g/mol. The number of halogens is 1. The third-order valence-electron chi connectivity index (χ3n) is 5.69. The number of pyridine rings is 2. The first-order valence-corrected chi connectivity index (χ1v) is 10.9. The number of carbonyl (C=O) groups is 1. The van der Waals surface area contributed by atoms with Gasteiger partial charge in [0.2, 0.25) is 5.91 Å². The van der Waals surface area contributed by atoms with E-state index >= 15 is 0 Å². The molecule has 1 aliphatic rings. The minimum atomic E-state index is 0.164. The van der Waals surface area contributed by atoms with Crippen LogP contribution in [-0.4, -0.2) is 36.9 Å². The maximum atomic E-state index is 12.1. The molecule has 32 heavy (non-hydrogen) atoms. The quantitative estimate of drug-likeness (QED) is 0.435. The van der Waals surface area contributed by atoms with Gasteiger partial charge in [-0.25, -0.2) is 9.97 Å². The van der Waals surface area contributed by atoms with E-state index in [-0.39, 0.29) is 12.5 Å². The van der Waals surface area contributed by atoms with Gasteiger partial charge in [-0.1, -0.05) is 23.7 Å². The van der Waals surface area contributed by atoms with Gasteiger partial charge in [0.15, 0.2) is 0 Å². The summed E-state index contributed by atoms with van der Waals surface area (Å²) in [6.45, 7) is 3.47. The van der Waals surface area contributed by atoms with Gasteiger partial charge in [-0.3, -0.25) is 9.78 Å². The predicted octanol–water partition coefficient (Wildman–Crippen LogP) is 4.48. The Kier molecular flexibility index (Phi) is 5.49. The lowest BCUT2D eigenvalue weighted by Gasteiger charge is -2.19. The van der Waals surface area contributed by atoms with Crippen LogP contribution in [0.3, 0.4) is 0 Å². The van der Waals surface area contributed by atoms with E-state index in [4.69, 9.17) is 21.3 Å². The summed E-state index contributed by atoms with van der Waals surface area (Å²) in [5.74, 6) is 0.834. The summed E-state index contributed by atoms with van der Waals surface area (Å²) in [4.78, 5) is 27.1. The molecule has 1 aliphatic heterocycles. The molecule has 5 rings (SSSR count). The Bertz CT molecular complexity index is 1290. The van der Waals surface area contributed by atoms with Crippen LogP contribution in [0.1, 0.15) is 29.7 Å². The molecule has 3 aromatic heterocycles. The second kappa shape index (κ2) is 8.59. The number of para-hydroxylation sites is 1. The van der Waals surface area contributed by atoms with E-state index in [2.05, 4.69) is 9.97 Å². The molecule has 4 aromatic rings. The second-order valence-electron chi connectivity index (χ2n) is 7.87. The Morgan fingerprint density at radius 3 is 2.91 bits per heavy atom. The topological polar surface area (TPSA) is 73.1 Å². The Morgan fingerprint density at radius 1 is 1.22 bits per heavy atom. The first kappa shape index (κ1) is 20.5. The largest absolute Gasteiger partial charge is 0.487 e. The molecule has 0 N–H and O–H groups in total. The number of likely N-dealkylation sites (tertiary alicyclic amines) is 1. The summed E-state index contributed by atoms with van der Waals surface area (Å²) in [5.41, 5.74) is 4.38. The highest BCUT2D eigenvalue weighted by Gasteiger charge is 2.22. The summed E-state index contributed by atoms with van der Waals surface area (Å²) in [5, 5.41) is 1.49. The van der Waals surface area contributed by atoms with Gasteiger partial charge < -0.3 is 14.2 Å². The molecule has 1 amide bonds. The highest BCUT2D eigenvalue weighted by atomic mass is 35.5. The summed E-state index contributed by atoms with van der Waals surface area (Å²) in [6.07, 6.45) is 10.3. The number of aromatic nitrogens is 4. The molecule has 0 atom stereocenters. The van der Waals surface area contributed by atoms with Crippen molar-refractivity contribution in [2.24, 2.45) is 0 Å². The fourth-order valence-corrected chi connectivity index (χ4v) is 4.32. The minimum Gasteiger partial charge on any atom is -0.487 e. The zero-order chi connectivity index (χ0) is 22.1. The van der Waals surface area contributed by atoms with Crippen LogP contribution >= 0.6 is 11.6 Å². The maximum absolute atomic E-state index is 12.1. The highest BCUT2D eigenvalue weighted by molar-refractivity contribution is 6.31. The molecular formula is C24H22ClN5O2. The van der Waals surface area contributed by atoms with Crippen molar-refractivity contribution in [1.29, 1.82) is 0 Å². The third-order valence-corrected chi connectivity index (χ3v) is 6.02. The standard InChI is InChI=1S/C24H22ClN5O2/c1-16-10-21(30-9-7-26-15-30)18-4-2-5-22(24(18)28-16)32-14-19-17(11-27-12-20(19)25)13-29-8-3-6-23(29)31/h2,4-5,7,9-12,15H,3,6,8,13-14H2,1H3. The average Bonchev–Trinajstić information content (AvgIpc) is 3.45. The summed E-state index contributed by atoms with van der Waals surface area (Å²) in [7, 11) is 0. The van der Waals surface area contributed by atoms with Gasteiger partial charge in [-0.2, -0.15) is 0 Å². The normalized spacial score (nSPS) is 13.8. The molecule has 8 heteroatoms. The Hall–Kier alpha value is -3.45. The zero-order valence-corrected chi connectivity index (χ0v) is 18.4. The van der Waals surface area contributed by atoms with E-state index in [9.17, 15) is 4.79 Å². The molecule has 4 heterocycles. The molecule has 0 radical (unpaired) electrons. The van der Waals surface area contributed by atoms with E-state index in [1.165, 1.54) is 0 Å². The van der Waals surface area contributed by atoms with Gasteiger partial charge >= 0.3 is 0 Å². The Morgan fingerprint density at radius 2 is 2.12 bits per heavy atom. The van der Waals surface area contributed by atoms with Gasteiger partial charge in [0, 0.05) is 60.9 Å². The number of hydrogen-bond donors (Lipinski definition) is 0. The lowest BCUT2D eigenvalue weighted by Crippen LogP contribution is -2.24. The molecule has 0 aliphatic carbocycles. The molecule has 162 valence electrons. The Balaban J connectivity index is 1.47. The van der Waals surface area contributed by atoms with E-state index < -0.39 is 0 Å².